The van der Waals surface area contributed by atoms with Crippen molar-refractivity contribution < 1.29 is 18.3 Å². The third-order valence-corrected chi connectivity index (χ3v) is 4.37. The predicted octanol–water partition coefficient (Wildman–Crippen LogP) is 6.36. The summed E-state index contributed by atoms with van der Waals surface area (Å²) in [6.07, 6.45) is 4.52. The molecule has 0 aromatic heterocycles. The first-order chi connectivity index (χ1) is 12.2. The normalized spacial score (nSPS) is 10.7. The van der Waals surface area contributed by atoms with Gasteiger partial charge in [0.1, 0.15) is 5.75 Å². The summed E-state index contributed by atoms with van der Waals surface area (Å²) in [7, 11) is 0. The highest BCUT2D eigenvalue weighted by molar-refractivity contribution is 9.09. The molecule has 0 aliphatic carbocycles. The first-order valence-electron chi connectivity index (χ1n) is 8.57. The summed E-state index contributed by atoms with van der Waals surface area (Å²) in [5.41, 5.74) is 0.811. The van der Waals surface area contributed by atoms with E-state index in [0.717, 1.165) is 23.9 Å². The summed E-state index contributed by atoms with van der Waals surface area (Å²) in [4.78, 5) is 0. The molecule has 0 unspecified atom stereocenters. The Morgan fingerprint density at radius 2 is 1.56 bits per heavy atom. The topological polar surface area (TPSA) is 18.5 Å². The van der Waals surface area contributed by atoms with Crippen LogP contribution in [0.25, 0.3) is 11.1 Å². The second kappa shape index (κ2) is 10.4. The van der Waals surface area contributed by atoms with Crippen molar-refractivity contribution >= 4 is 15.9 Å². The molecule has 0 saturated carbocycles. The Morgan fingerprint density at radius 3 is 2.24 bits per heavy atom. The molecule has 2 rings (SSSR count). The van der Waals surface area contributed by atoms with Gasteiger partial charge in [0.15, 0.2) is 11.6 Å². The van der Waals surface area contributed by atoms with Crippen LogP contribution in [0, 0.1) is 11.6 Å². The first kappa shape index (κ1) is 19.7. The van der Waals surface area contributed by atoms with E-state index in [9.17, 15) is 8.78 Å². The van der Waals surface area contributed by atoms with E-state index in [4.69, 9.17) is 9.47 Å². The molecule has 2 aromatic carbocycles. The molecule has 0 atom stereocenters. The van der Waals surface area contributed by atoms with Gasteiger partial charge in [0, 0.05) is 10.9 Å². The van der Waals surface area contributed by atoms with Crippen LogP contribution in [-0.4, -0.2) is 18.5 Å². The molecule has 0 bridgehead atoms. The fourth-order valence-electron chi connectivity index (χ4n) is 2.49. The zero-order chi connectivity index (χ0) is 18.1. The summed E-state index contributed by atoms with van der Waals surface area (Å²) in [6, 6.07) is 10.0. The zero-order valence-corrected chi connectivity index (χ0v) is 16.0. The molecule has 2 aromatic rings. The maximum Gasteiger partial charge on any atom is 0.201 e. The standard InChI is InChI=1S/C20H23BrF2O2/c1-2-24-18-12-11-17(19(22)20(18)23)15-7-9-16(10-8-15)25-14-6-4-3-5-13-21/h7-12H,2-6,13-14H2,1H3. The van der Waals surface area contributed by atoms with Crippen LogP contribution in [0.4, 0.5) is 8.78 Å². The van der Waals surface area contributed by atoms with Gasteiger partial charge in [-0.1, -0.05) is 40.9 Å². The smallest absolute Gasteiger partial charge is 0.201 e. The highest BCUT2D eigenvalue weighted by Crippen LogP contribution is 2.30. The molecular formula is C20H23BrF2O2. The molecule has 0 saturated heterocycles. The number of unbranched alkanes of at least 4 members (excludes halogenated alkanes) is 3. The van der Waals surface area contributed by atoms with E-state index in [1.807, 2.05) is 0 Å². The van der Waals surface area contributed by atoms with Crippen LogP contribution >= 0.6 is 15.9 Å². The minimum atomic E-state index is -0.955. The van der Waals surface area contributed by atoms with Crippen molar-refractivity contribution in [3.63, 3.8) is 0 Å². The van der Waals surface area contributed by atoms with Crippen molar-refractivity contribution in [2.24, 2.45) is 0 Å². The Balaban J connectivity index is 1.97. The highest BCUT2D eigenvalue weighted by atomic mass is 79.9. The van der Waals surface area contributed by atoms with Gasteiger partial charge in [0.05, 0.1) is 13.2 Å². The van der Waals surface area contributed by atoms with E-state index in [1.165, 1.54) is 25.0 Å². The SMILES string of the molecule is CCOc1ccc(-c2ccc(OCCCCCCBr)cc2)c(F)c1F. The van der Waals surface area contributed by atoms with Crippen LogP contribution in [0.3, 0.4) is 0 Å². The van der Waals surface area contributed by atoms with Gasteiger partial charge >= 0.3 is 0 Å². The molecular weight excluding hydrogens is 390 g/mol. The number of benzene rings is 2. The van der Waals surface area contributed by atoms with Crippen LogP contribution in [0.15, 0.2) is 36.4 Å². The zero-order valence-electron chi connectivity index (χ0n) is 14.4. The van der Waals surface area contributed by atoms with Crippen molar-refractivity contribution in [2.45, 2.75) is 32.6 Å². The fourth-order valence-corrected chi connectivity index (χ4v) is 2.89. The largest absolute Gasteiger partial charge is 0.494 e. The van der Waals surface area contributed by atoms with Crippen molar-refractivity contribution in [3.05, 3.63) is 48.0 Å². The molecule has 0 N–H and O–H groups in total. The lowest BCUT2D eigenvalue weighted by molar-refractivity contribution is 0.305. The monoisotopic (exact) mass is 412 g/mol. The summed E-state index contributed by atoms with van der Waals surface area (Å²) in [5.74, 6) is -1.19. The molecule has 0 heterocycles. The van der Waals surface area contributed by atoms with Crippen LogP contribution in [0.5, 0.6) is 11.5 Å². The van der Waals surface area contributed by atoms with Crippen molar-refractivity contribution in [1.82, 2.24) is 0 Å². The molecule has 5 heteroatoms. The van der Waals surface area contributed by atoms with Gasteiger partial charge in [0.25, 0.3) is 0 Å². The number of ether oxygens (including phenoxy) is 2. The van der Waals surface area contributed by atoms with Gasteiger partial charge in [0.2, 0.25) is 5.82 Å². The number of alkyl halides is 1. The van der Waals surface area contributed by atoms with E-state index >= 15 is 0 Å². The Hall–Kier alpha value is -1.62. The van der Waals surface area contributed by atoms with E-state index in [0.29, 0.717) is 12.2 Å². The molecule has 0 spiro atoms. The summed E-state index contributed by atoms with van der Waals surface area (Å²) < 4.78 is 39.0. The van der Waals surface area contributed by atoms with Crippen molar-refractivity contribution in [1.29, 1.82) is 0 Å². The minimum absolute atomic E-state index is 0.0661. The Labute approximate surface area is 156 Å². The van der Waals surface area contributed by atoms with E-state index in [1.54, 1.807) is 31.2 Å². The van der Waals surface area contributed by atoms with Crippen molar-refractivity contribution in [3.8, 4) is 22.6 Å². The summed E-state index contributed by atoms with van der Waals surface area (Å²) >= 11 is 3.41. The van der Waals surface area contributed by atoms with Gasteiger partial charge in [-0.3, -0.25) is 0 Å². The number of rotatable bonds is 10. The van der Waals surface area contributed by atoms with Crippen molar-refractivity contribution in [2.75, 3.05) is 18.5 Å². The Kier molecular flexibility index (Phi) is 8.19. The summed E-state index contributed by atoms with van der Waals surface area (Å²) in [6.45, 7) is 2.68. The Bertz CT molecular complexity index is 659. The molecule has 0 radical (unpaired) electrons. The molecule has 136 valence electrons. The molecule has 0 aliphatic rings. The number of hydrogen-bond acceptors (Lipinski definition) is 2. The maximum atomic E-state index is 14.2. The number of halogens is 3. The lowest BCUT2D eigenvalue weighted by Gasteiger charge is -2.10. The molecule has 2 nitrogen and oxygen atoms in total. The average Bonchev–Trinajstić information content (AvgIpc) is 2.63. The predicted molar refractivity (Wildman–Crippen MR) is 101 cm³/mol. The third-order valence-electron chi connectivity index (χ3n) is 3.81. The van der Waals surface area contributed by atoms with Gasteiger partial charge in [-0.2, -0.15) is 4.39 Å². The highest BCUT2D eigenvalue weighted by Gasteiger charge is 2.15. The van der Waals surface area contributed by atoms with Gasteiger partial charge in [-0.05, 0) is 49.6 Å². The lowest BCUT2D eigenvalue weighted by atomic mass is 10.0. The average molecular weight is 413 g/mol. The van der Waals surface area contributed by atoms with Gasteiger partial charge in [-0.25, -0.2) is 4.39 Å². The van der Waals surface area contributed by atoms with E-state index < -0.39 is 11.6 Å². The second-order valence-electron chi connectivity index (χ2n) is 5.65. The molecule has 0 amide bonds. The maximum absolute atomic E-state index is 14.2. The van der Waals surface area contributed by atoms with Crippen LogP contribution in [-0.2, 0) is 0 Å². The van der Waals surface area contributed by atoms with Gasteiger partial charge in [-0.15, -0.1) is 0 Å². The van der Waals surface area contributed by atoms with Crippen LogP contribution < -0.4 is 9.47 Å². The quantitative estimate of drug-likeness (QED) is 0.333. The number of hydrogen-bond donors (Lipinski definition) is 0. The summed E-state index contributed by atoms with van der Waals surface area (Å²) in [5, 5.41) is 1.04. The third kappa shape index (κ3) is 5.70. The van der Waals surface area contributed by atoms with E-state index in [-0.39, 0.29) is 17.9 Å². The Morgan fingerprint density at radius 1 is 0.840 bits per heavy atom. The van der Waals surface area contributed by atoms with E-state index in [2.05, 4.69) is 15.9 Å². The fraction of sp³-hybridized carbons (Fsp3) is 0.400. The molecule has 0 aliphatic heterocycles. The minimum Gasteiger partial charge on any atom is -0.494 e. The van der Waals surface area contributed by atoms with Crippen LogP contribution in [0.1, 0.15) is 32.6 Å². The lowest BCUT2D eigenvalue weighted by Crippen LogP contribution is -1.99. The first-order valence-corrected chi connectivity index (χ1v) is 9.69. The van der Waals surface area contributed by atoms with Gasteiger partial charge < -0.3 is 9.47 Å². The molecule has 0 fully saturated rings. The molecule has 25 heavy (non-hydrogen) atoms. The second-order valence-corrected chi connectivity index (χ2v) is 6.44. The van der Waals surface area contributed by atoms with Crippen LogP contribution in [0.2, 0.25) is 0 Å².